The van der Waals surface area contributed by atoms with Gasteiger partial charge in [-0.3, -0.25) is 9.78 Å². The van der Waals surface area contributed by atoms with Crippen molar-refractivity contribution in [1.82, 2.24) is 19.7 Å². The van der Waals surface area contributed by atoms with E-state index in [0.29, 0.717) is 31.5 Å². The molecule has 0 bridgehead atoms. The summed E-state index contributed by atoms with van der Waals surface area (Å²) < 4.78 is 80.3. The zero-order valence-electron chi connectivity index (χ0n) is 20.4. The molecule has 0 radical (unpaired) electrons. The Bertz CT molecular complexity index is 1170. The SMILES string of the molecule is Cc1cnccc1[C@H]1[C@@H]2CCC(=O)N2CCN1C(=O)N(C)[C@H](C)c1cc(C(F)(F)F)cc(C(F)(F)F)c1. The number of pyridine rings is 1. The number of amides is 3. The Kier molecular flexibility index (Phi) is 6.89. The van der Waals surface area contributed by atoms with Gasteiger partial charge in [0.05, 0.1) is 29.3 Å². The van der Waals surface area contributed by atoms with E-state index in [4.69, 9.17) is 0 Å². The van der Waals surface area contributed by atoms with Crippen LogP contribution in [0.2, 0.25) is 0 Å². The van der Waals surface area contributed by atoms with Crippen LogP contribution in [0.25, 0.3) is 0 Å². The molecular formula is C25H26F6N4O2. The van der Waals surface area contributed by atoms with Crippen molar-refractivity contribution in [3.63, 3.8) is 0 Å². The van der Waals surface area contributed by atoms with Crippen molar-refractivity contribution >= 4 is 11.9 Å². The standard InChI is InChI=1S/C25H26F6N4O2/c1-14-13-32-7-6-19(14)22-20-4-5-21(36)34(20)8-9-35(22)23(37)33(3)15(2)16-10-17(24(26,27)28)12-18(11-16)25(29,30)31/h6-7,10-13,15,20,22H,4-5,8-9H2,1-3H3/t15-,20+,22+/m1/s1. The van der Waals surface area contributed by atoms with Gasteiger partial charge in [-0.15, -0.1) is 0 Å². The number of urea groups is 1. The molecule has 0 unspecified atom stereocenters. The van der Waals surface area contributed by atoms with Crippen LogP contribution in [-0.4, -0.2) is 57.8 Å². The van der Waals surface area contributed by atoms with Crippen molar-refractivity contribution < 1.29 is 35.9 Å². The maximum Gasteiger partial charge on any atom is 0.416 e. The summed E-state index contributed by atoms with van der Waals surface area (Å²) in [7, 11) is 1.35. The summed E-state index contributed by atoms with van der Waals surface area (Å²) in [5.74, 6) is -0.0147. The molecule has 3 amide bonds. The van der Waals surface area contributed by atoms with Gasteiger partial charge in [-0.2, -0.15) is 26.3 Å². The van der Waals surface area contributed by atoms with Gasteiger partial charge in [0.1, 0.15) is 0 Å². The third-order valence-electron chi connectivity index (χ3n) is 7.26. The number of benzene rings is 1. The first-order chi connectivity index (χ1) is 17.2. The first-order valence-electron chi connectivity index (χ1n) is 11.7. The summed E-state index contributed by atoms with van der Waals surface area (Å²) in [5.41, 5.74) is -1.58. The molecule has 2 fully saturated rings. The predicted molar refractivity (Wildman–Crippen MR) is 121 cm³/mol. The van der Waals surface area contributed by atoms with Gasteiger partial charge in [-0.05, 0) is 61.2 Å². The molecule has 2 aromatic rings. The van der Waals surface area contributed by atoms with Gasteiger partial charge in [0.15, 0.2) is 0 Å². The van der Waals surface area contributed by atoms with E-state index < -0.39 is 41.6 Å². The number of aromatic nitrogens is 1. The van der Waals surface area contributed by atoms with Crippen LogP contribution in [0.4, 0.5) is 31.1 Å². The minimum atomic E-state index is -4.99. The highest BCUT2D eigenvalue weighted by molar-refractivity contribution is 5.81. The van der Waals surface area contributed by atoms with Gasteiger partial charge in [-0.1, -0.05) is 0 Å². The highest BCUT2D eigenvalue weighted by atomic mass is 19.4. The average Bonchev–Trinajstić information content (AvgIpc) is 3.22. The Balaban J connectivity index is 1.69. The number of aryl methyl sites for hydroxylation is 1. The lowest BCUT2D eigenvalue weighted by atomic mass is 9.91. The number of nitrogens with zero attached hydrogens (tertiary/aromatic N) is 4. The fourth-order valence-corrected chi connectivity index (χ4v) is 5.15. The minimum absolute atomic E-state index is 0.0147. The monoisotopic (exact) mass is 528 g/mol. The first kappa shape index (κ1) is 26.7. The van der Waals surface area contributed by atoms with Crippen molar-refractivity contribution in [1.29, 1.82) is 0 Å². The predicted octanol–water partition coefficient (Wildman–Crippen LogP) is 5.59. The van der Waals surface area contributed by atoms with Crippen LogP contribution in [0, 0.1) is 6.92 Å². The molecule has 4 rings (SSSR count). The molecule has 6 nitrogen and oxygen atoms in total. The zero-order chi connectivity index (χ0) is 27.3. The van der Waals surface area contributed by atoms with Gasteiger partial charge in [0.25, 0.3) is 0 Å². The molecule has 3 atom stereocenters. The number of alkyl halides is 6. The van der Waals surface area contributed by atoms with Crippen LogP contribution in [0.5, 0.6) is 0 Å². The average molecular weight is 528 g/mol. The Labute approximate surface area is 209 Å². The quantitative estimate of drug-likeness (QED) is 0.489. The van der Waals surface area contributed by atoms with E-state index in [9.17, 15) is 35.9 Å². The van der Waals surface area contributed by atoms with E-state index in [2.05, 4.69) is 4.98 Å². The lowest BCUT2D eigenvalue weighted by Gasteiger charge is -2.47. The molecule has 37 heavy (non-hydrogen) atoms. The van der Waals surface area contributed by atoms with Crippen molar-refractivity contribution in [3.05, 3.63) is 64.5 Å². The molecule has 0 spiro atoms. The number of carbonyl (C=O) groups excluding carboxylic acids is 2. The number of carbonyl (C=O) groups is 2. The fraction of sp³-hybridized carbons (Fsp3) is 0.480. The summed E-state index contributed by atoms with van der Waals surface area (Å²) in [4.78, 5) is 34.7. The van der Waals surface area contributed by atoms with E-state index in [0.717, 1.165) is 16.0 Å². The van der Waals surface area contributed by atoms with Crippen molar-refractivity contribution in [2.24, 2.45) is 0 Å². The van der Waals surface area contributed by atoms with Crippen LogP contribution in [-0.2, 0) is 17.1 Å². The number of rotatable bonds is 3. The van der Waals surface area contributed by atoms with Crippen molar-refractivity contribution in [3.8, 4) is 0 Å². The summed E-state index contributed by atoms with van der Waals surface area (Å²) in [5, 5.41) is 0. The summed E-state index contributed by atoms with van der Waals surface area (Å²) in [6.07, 6.45) is -5.90. The molecule has 3 heterocycles. The van der Waals surface area contributed by atoms with Gasteiger partial charge in [0.2, 0.25) is 5.91 Å². The molecule has 0 N–H and O–H groups in total. The number of hydrogen-bond donors (Lipinski definition) is 0. The lowest BCUT2D eigenvalue weighted by Crippen LogP contribution is -2.57. The largest absolute Gasteiger partial charge is 0.416 e. The molecule has 0 saturated carbocycles. The third-order valence-corrected chi connectivity index (χ3v) is 7.26. The van der Waals surface area contributed by atoms with Gasteiger partial charge in [-0.25, -0.2) is 4.79 Å². The molecule has 0 aliphatic carbocycles. The van der Waals surface area contributed by atoms with E-state index in [1.807, 2.05) is 6.92 Å². The van der Waals surface area contributed by atoms with Gasteiger partial charge in [0, 0.05) is 39.0 Å². The second-order valence-electron chi connectivity index (χ2n) is 9.47. The summed E-state index contributed by atoms with van der Waals surface area (Å²) >= 11 is 0. The van der Waals surface area contributed by atoms with E-state index in [1.54, 1.807) is 28.3 Å². The van der Waals surface area contributed by atoms with Crippen LogP contribution >= 0.6 is 0 Å². The molecular weight excluding hydrogens is 502 g/mol. The Morgan fingerprint density at radius 3 is 2.27 bits per heavy atom. The second-order valence-corrected chi connectivity index (χ2v) is 9.47. The molecule has 200 valence electrons. The van der Waals surface area contributed by atoms with Gasteiger partial charge < -0.3 is 14.7 Å². The number of hydrogen-bond acceptors (Lipinski definition) is 3. The Morgan fingerprint density at radius 2 is 1.70 bits per heavy atom. The Morgan fingerprint density at radius 1 is 1.08 bits per heavy atom. The second kappa shape index (κ2) is 9.53. The topological polar surface area (TPSA) is 56.8 Å². The van der Waals surface area contributed by atoms with Crippen LogP contribution in [0.3, 0.4) is 0 Å². The van der Waals surface area contributed by atoms with Crippen LogP contribution < -0.4 is 0 Å². The summed E-state index contributed by atoms with van der Waals surface area (Å²) in [6.45, 7) is 3.67. The van der Waals surface area contributed by atoms with Crippen LogP contribution in [0.15, 0.2) is 36.7 Å². The number of fused-ring (bicyclic) bond motifs is 1. The zero-order valence-corrected chi connectivity index (χ0v) is 20.4. The van der Waals surface area contributed by atoms with E-state index in [-0.39, 0.29) is 30.1 Å². The highest BCUT2D eigenvalue weighted by Gasteiger charge is 2.46. The normalized spacial score (nSPS) is 21.2. The first-order valence-corrected chi connectivity index (χ1v) is 11.7. The fourth-order valence-electron chi connectivity index (χ4n) is 5.15. The molecule has 1 aromatic carbocycles. The maximum atomic E-state index is 13.7. The number of piperazine rings is 1. The highest BCUT2D eigenvalue weighted by Crippen LogP contribution is 2.41. The molecule has 12 heteroatoms. The van der Waals surface area contributed by atoms with E-state index >= 15 is 0 Å². The van der Waals surface area contributed by atoms with Crippen LogP contribution in [0.1, 0.15) is 59.7 Å². The lowest BCUT2D eigenvalue weighted by molar-refractivity contribution is -0.143. The molecule has 2 aliphatic rings. The molecule has 2 aliphatic heterocycles. The smallest absolute Gasteiger partial charge is 0.335 e. The Hall–Kier alpha value is -3.31. The molecule has 2 saturated heterocycles. The number of halogens is 6. The van der Waals surface area contributed by atoms with Crippen molar-refractivity contribution in [2.45, 2.75) is 57.2 Å². The minimum Gasteiger partial charge on any atom is -0.335 e. The summed E-state index contributed by atoms with van der Waals surface area (Å²) in [6, 6.07) is 0.633. The third kappa shape index (κ3) is 5.10. The van der Waals surface area contributed by atoms with Crippen molar-refractivity contribution in [2.75, 3.05) is 20.1 Å². The maximum absolute atomic E-state index is 13.7. The van der Waals surface area contributed by atoms with Gasteiger partial charge >= 0.3 is 18.4 Å². The van der Waals surface area contributed by atoms with E-state index in [1.165, 1.54) is 14.0 Å². The molecule has 1 aromatic heterocycles.